The van der Waals surface area contributed by atoms with Gasteiger partial charge >= 0.3 is 0 Å². The fourth-order valence-corrected chi connectivity index (χ4v) is 3.58. The Balaban J connectivity index is 1.46. The molecule has 7 heteroatoms. The number of rotatable bonds is 4. The minimum absolute atomic E-state index is 0.219. The number of benzene rings is 2. The summed E-state index contributed by atoms with van der Waals surface area (Å²) < 4.78 is 0. The maximum absolute atomic E-state index is 8.04. The quantitative estimate of drug-likeness (QED) is 0.294. The molecule has 2 aromatic carbocycles. The normalized spacial score (nSPS) is 10.8. The van der Waals surface area contributed by atoms with Gasteiger partial charge in [0, 0.05) is 39.6 Å². The molecule has 130 valence electrons. The van der Waals surface area contributed by atoms with E-state index in [9.17, 15) is 0 Å². The standard InChI is InChI=1S/C19H16ClN5S/c20-13-6-7-16-14(8-13)15(10-22-16)17-11-26-19(24-17)25-18(21)23-9-12-4-2-1-3-5-12/h1-8,10-11,22H,9H2,(H3,21,23,24,25). The van der Waals surface area contributed by atoms with Gasteiger partial charge in [0.25, 0.3) is 0 Å². The maximum Gasteiger partial charge on any atom is 0.195 e. The second kappa shape index (κ2) is 7.19. The number of H-pyrrole nitrogens is 1. The molecule has 0 amide bonds. The zero-order valence-corrected chi connectivity index (χ0v) is 15.3. The molecular weight excluding hydrogens is 366 g/mol. The summed E-state index contributed by atoms with van der Waals surface area (Å²) in [7, 11) is 0. The largest absolute Gasteiger partial charge is 0.360 e. The third kappa shape index (κ3) is 3.56. The Morgan fingerprint density at radius 1 is 1.19 bits per heavy atom. The lowest BCUT2D eigenvalue weighted by atomic mass is 10.1. The number of nitrogens with one attached hydrogen (secondary N) is 4. The van der Waals surface area contributed by atoms with Gasteiger partial charge in [-0.3, -0.25) is 5.41 Å². The molecule has 0 aliphatic rings. The predicted octanol–water partition coefficient (Wildman–Crippen LogP) is 5.08. The van der Waals surface area contributed by atoms with E-state index >= 15 is 0 Å². The SMILES string of the molecule is N=C(NCc1ccccc1)Nc1nc(-c2c[nH]c3ccc(Cl)cc23)cs1. The first-order valence-electron chi connectivity index (χ1n) is 8.05. The van der Waals surface area contributed by atoms with E-state index in [0.717, 1.165) is 27.7 Å². The van der Waals surface area contributed by atoms with Crippen LogP contribution >= 0.6 is 22.9 Å². The molecule has 2 aromatic heterocycles. The van der Waals surface area contributed by atoms with E-state index in [2.05, 4.69) is 20.6 Å². The highest BCUT2D eigenvalue weighted by Crippen LogP contribution is 2.32. The topological polar surface area (TPSA) is 76.6 Å². The van der Waals surface area contributed by atoms with E-state index in [1.165, 1.54) is 11.3 Å². The van der Waals surface area contributed by atoms with Crippen molar-refractivity contribution < 1.29 is 0 Å². The third-order valence-electron chi connectivity index (χ3n) is 3.97. The van der Waals surface area contributed by atoms with Crippen LogP contribution in [-0.4, -0.2) is 15.9 Å². The summed E-state index contributed by atoms with van der Waals surface area (Å²) in [5, 5.41) is 18.4. The van der Waals surface area contributed by atoms with Gasteiger partial charge in [-0.15, -0.1) is 11.3 Å². The van der Waals surface area contributed by atoms with Crippen molar-refractivity contribution in [2.45, 2.75) is 6.54 Å². The number of anilines is 1. The molecule has 0 saturated heterocycles. The Morgan fingerprint density at radius 3 is 2.88 bits per heavy atom. The van der Waals surface area contributed by atoms with Gasteiger partial charge in [-0.25, -0.2) is 4.98 Å². The molecule has 5 nitrogen and oxygen atoms in total. The second-order valence-electron chi connectivity index (χ2n) is 5.77. The monoisotopic (exact) mass is 381 g/mol. The van der Waals surface area contributed by atoms with Gasteiger partial charge in [-0.2, -0.15) is 0 Å². The van der Waals surface area contributed by atoms with Crippen molar-refractivity contribution in [2.24, 2.45) is 0 Å². The van der Waals surface area contributed by atoms with Crippen LogP contribution in [0.5, 0.6) is 0 Å². The average Bonchev–Trinajstić information content (AvgIpc) is 3.27. The molecule has 0 aliphatic carbocycles. The van der Waals surface area contributed by atoms with E-state index in [0.29, 0.717) is 16.7 Å². The van der Waals surface area contributed by atoms with Crippen LogP contribution in [0.15, 0.2) is 60.1 Å². The van der Waals surface area contributed by atoms with Gasteiger partial charge in [-0.1, -0.05) is 41.9 Å². The molecule has 4 aromatic rings. The third-order valence-corrected chi connectivity index (χ3v) is 4.96. The lowest BCUT2D eigenvalue weighted by Crippen LogP contribution is -2.28. The fraction of sp³-hybridized carbons (Fsp3) is 0.0526. The van der Waals surface area contributed by atoms with Crippen molar-refractivity contribution in [3.63, 3.8) is 0 Å². The lowest BCUT2D eigenvalue weighted by molar-refractivity contribution is 0.904. The molecule has 0 radical (unpaired) electrons. The van der Waals surface area contributed by atoms with E-state index in [4.69, 9.17) is 17.0 Å². The van der Waals surface area contributed by atoms with Gasteiger partial charge < -0.3 is 15.6 Å². The van der Waals surface area contributed by atoms with E-state index < -0.39 is 0 Å². The van der Waals surface area contributed by atoms with Gasteiger partial charge in [-0.05, 0) is 23.8 Å². The predicted molar refractivity (Wildman–Crippen MR) is 109 cm³/mol. The number of guanidine groups is 1. The van der Waals surface area contributed by atoms with E-state index in [-0.39, 0.29) is 5.96 Å². The summed E-state index contributed by atoms with van der Waals surface area (Å²) in [5.41, 5.74) is 3.98. The highest BCUT2D eigenvalue weighted by molar-refractivity contribution is 7.14. The van der Waals surface area contributed by atoms with Crippen molar-refractivity contribution in [3.8, 4) is 11.3 Å². The van der Waals surface area contributed by atoms with E-state index in [1.54, 1.807) is 0 Å². The Kier molecular flexibility index (Phi) is 4.60. The van der Waals surface area contributed by atoms with E-state index in [1.807, 2.05) is 60.1 Å². The van der Waals surface area contributed by atoms with Crippen LogP contribution < -0.4 is 10.6 Å². The summed E-state index contributed by atoms with van der Waals surface area (Å²) >= 11 is 7.57. The lowest BCUT2D eigenvalue weighted by Gasteiger charge is -2.08. The number of fused-ring (bicyclic) bond motifs is 1. The van der Waals surface area contributed by atoms with Gasteiger partial charge in [0.2, 0.25) is 0 Å². The summed E-state index contributed by atoms with van der Waals surface area (Å²) in [6, 6.07) is 15.7. The molecular formula is C19H16ClN5S. The minimum Gasteiger partial charge on any atom is -0.360 e. The Bertz CT molecular complexity index is 1050. The number of halogens is 1. The summed E-state index contributed by atoms with van der Waals surface area (Å²) in [6.07, 6.45) is 1.93. The van der Waals surface area contributed by atoms with Crippen LogP contribution in [0.3, 0.4) is 0 Å². The molecule has 0 spiro atoms. The van der Waals surface area contributed by atoms with Crippen LogP contribution in [0, 0.1) is 5.41 Å². The number of thiazole rings is 1. The highest BCUT2D eigenvalue weighted by Gasteiger charge is 2.11. The molecule has 0 bridgehead atoms. The van der Waals surface area contributed by atoms with Gasteiger partial charge in [0.15, 0.2) is 11.1 Å². The van der Waals surface area contributed by atoms with Gasteiger partial charge in [0.1, 0.15) is 0 Å². The van der Waals surface area contributed by atoms with Crippen LogP contribution in [0.25, 0.3) is 22.2 Å². The van der Waals surface area contributed by atoms with Crippen molar-refractivity contribution in [3.05, 3.63) is 70.7 Å². The first kappa shape index (κ1) is 16.6. The molecule has 2 heterocycles. The number of hydrogen-bond donors (Lipinski definition) is 4. The zero-order valence-electron chi connectivity index (χ0n) is 13.7. The highest BCUT2D eigenvalue weighted by atomic mass is 35.5. The van der Waals surface area contributed by atoms with Crippen LogP contribution in [0.4, 0.5) is 5.13 Å². The molecule has 0 saturated carbocycles. The average molecular weight is 382 g/mol. The first-order chi connectivity index (χ1) is 12.7. The van der Waals surface area contributed by atoms with Crippen LogP contribution in [0.2, 0.25) is 5.02 Å². The zero-order chi connectivity index (χ0) is 17.9. The molecule has 4 N–H and O–H groups in total. The number of hydrogen-bond acceptors (Lipinski definition) is 3. The minimum atomic E-state index is 0.219. The van der Waals surface area contributed by atoms with Gasteiger partial charge in [0.05, 0.1) is 5.69 Å². The van der Waals surface area contributed by atoms with Crippen LogP contribution in [0.1, 0.15) is 5.56 Å². The van der Waals surface area contributed by atoms with Crippen molar-refractivity contribution in [2.75, 3.05) is 5.32 Å². The first-order valence-corrected chi connectivity index (χ1v) is 9.31. The van der Waals surface area contributed by atoms with Crippen molar-refractivity contribution >= 4 is 44.9 Å². The van der Waals surface area contributed by atoms with Crippen molar-refractivity contribution in [1.29, 1.82) is 5.41 Å². The summed E-state index contributed by atoms with van der Waals surface area (Å²) in [6.45, 7) is 0.589. The second-order valence-corrected chi connectivity index (χ2v) is 7.06. The number of nitrogens with zero attached hydrogens (tertiary/aromatic N) is 1. The molecule has 0 atom stereocenters. The summed E-state index contributed by atoms with van der Waals surface area (Å²) in [4.78, 5) is 7.82. The number of aromatic amines is 1. The summed E-state index contributed by atoms with van der Waals surface area (Å²) in [5.74, 6) is 0.219. The fourth-order valence-electron chi connectivity index (χ4n) is 2.70. The Hall–Kier alpha value is -2.83. The molecule has 0 fully saturated rings. The smallest absolute Gasteiger partial charge is 0.195 e. The molecule has 4 rings (SSSR count). The molecule has 0 unspecified atom stereocenters. The number of aromatic nitrogens is 2. The molecule has 26 heavy (non-hydrogen) atoms. The Labute approximate surface area is 159 Å². The Morgan fingerprint density at radius 2 is 2.04 bits per heavy atom. The van der Waals surface area contributed by atoms with Crippen LogP contribution in [-0.2, 0) is 6.54 Å². The van der Waals surface area contributed by atoms with Crippen molar-refractivity contribution in [1.82, 2.24) is 15.3 Å². The molecule has 0 aliphatic heterocycles. The maximum atomic E-state index is 8.04.